The van der Waals surface area contributed by atoms with Crippen molar-refractivity contribution in [3.05, 3.63) is 215 Å². The van der Waals surface area contributed by atoms with Crippen molar-refractivity contribution in [2.24, 2.45) is 0 Å². The number of hydrogen-bond donors (Lipinski definition) is 0. The molecule has 490 valence electrons. The molecule has 8 aromatic carbocycles. The van der Waals surface area contributed by atoms with E-state index in [1.165, 1.54) is 87.6 Å². The minimum atomic E-state index is -0.116. The molecule has 0 saturated carbocycles. The molecule has 6 heterocycles. The lowest BCUT2D eigenvalue weighted by Gasteiger charge is -2.27. The molecule has 0 bridgehead atoms. The summed E-state index contributed by atoms with van der Waals surface area (Å²) in [6.07, 6.45) is 3.98. The lowest BCUT2D eigenvalue weighted by atomic mass is 9.85. The van der Waals surface area contributed by atoms with Crippen molar-refractivity contribution in [2.45, 2.75) is 209 Å². The third-order valence-corrected chi connectivity index (χ3v) is 20.9. The third-order valence-electron chi connectivity index (χ3n) is 20.9. The van der Waals surface area contributed by atoms with Gasteiger partial charge in [-0.3, -0.25) is 14.1 Å². The fourth-order valence-electron chi connectivity index (χ4n) is 14.8. The quantitative estimate of drug-likeness (QED) is 0.172. The summed E-state index contributed by atoms with van der Waals surface area (Å²) < 4.78 is 10.3. The number of aromatic nitrogens is 6. The molecule has 0 amide bonds. The van der Waals surface area contributed by atoms with Crippen molar-refractivity contribution in [2.75, 3.05) is 0 Å². The molecule has 0 saturated heterocycles. The van der Waals surface area contributed by atoms with Crippen LogP contribution in [0.3, 0.4) is 0 Å². The second-order valence-corrected chi connectivity index (χ2v) is 36.3. The number of benzene rings is 8. The Balaban J connectivity index is 1.33. The summed E-state index contributed by atoms with van der Waals surface area (Å²) in [5, 5.41) is 9.64. The van der Waals surface area contributed by atoms with Crippen LogP contribution in [0.25, 0.3) is 121 Å². The van der Waals surface area contributed by atoms with Gasteiger partial charge in [-0.05, 0) is 203 Å². The number of rotatable bonds is 5. The number of fused-ring (bicyclic) bond motifs is 12. The lowest BCUT2D eigenvalue weighted by molar-refractivity contribution is 0.590. The molecule has 0 atom stereocenters. The van der Waals surface area contributed by atoms with Crippen molar-refractivity contribution >= 4 is 87.2 Å². The molecule has 0 radical (unpaired) electrons. The summed E-state index contributed by atoms with van der Waals surface area (Å²) >= 11 is 0. The molecule has 0 unspecified atom stereocenters. The zero-order valence-corrected chi connectivity index (χ0v) is 61.8. The van der Waals surface area contributed by atoms with E-state index in [0.717, 1.165) is 78.3 Å². The van der Waals surface area contributed by atoms with E-state index >= 15 is 0 Å². The Bertz CT molecular complexity index is 4910. The topological polar surface area (TPSA) is 45.5 Å². The van der Waals surface area contributed by atoms with Gasteiger partial charge in [-0.15, -0.1) is 0 Å². The monoisotopic (exact) mass is 1260 g/mol. The molecule has 14 aromatic rings. The Morgan fingerprint density at radius 2 is 0.396 bits per heavy atom. The van der Waals surface area contributed by atoms with Crippen LogP contribution >= 0.6 is 0 Å². The zero-order chi connectivity index (χ0) is 68.8. The van der Waals surface area contributed by atoms with Gasteiger partial charge in [0.2, 0.25) is 0 Å². The second-order valence-electron chi connectivity index (χ2n) is 36.3. The molecular formula is C90H100N6. The van der Waals surface area contributed by atoms with E-state index < -0.39 is 0 Å². The van der Waals surface area contributed by atoms with Gasteiger partial charge in [0.05, 0.1) is 44.1 Å². The first-order valence-electron chi connectivity index (χ1n) is 35.0. The van der Waals surface area contributed by atoms with Gasteiger partial charge in [0.25, 0.3) is 0 Å². The summed E-state index contributed by atoms with van der Waals surface area (Å²) in [7, 11) is 0. The van der Waals surface area contributed by atoms with Gasteiger partial charge < -0.3 is 9.13 Å². The van der Waals surface area contributed by atoms with Crippen molar-refractivity contribution < 1.29 is 0 Å². The Kier molecular flexibility index (Phi) is 14.4. The van der Waals surface area contributed by atoms with Crippen LogP contribution in [0.15, 0.2) is 170 Å². The first kappa shape index (κ1) is 64.6. The molecule has 0 aliphatic rings. The van der Waals surface area contributed by atoms with Crippen LogP contribution in [0.4, 0.5) is 0 Å². The molecule has 6 heteroatoms. The highest BCUT2D eigenvalue weighted by atomic mass is 15.2. The first-order valence-corrected chi connectivity index (χ1v) is 35.0. The summed E-state index contributed by atoms with van der Waals surface area (Å²) in [4.78, 5) is 11.6. The molecule has 0 aliphatic carbocycles. The molecule has 0 fully saturated rings. The van der Waals surface area contributed by atoms with Crippen LogP contribution in [0.5, 0.6) is 0 Å². The van der Waals surface area contributed by atoms with E-state index in [4.69, 9.17) is 9.97 Å². The molecular weight excluding hydrogens is 1170 g/mol. The van der Waals surface area contributed by atoms with E-state index in [1.54, 1.807) is 0 Å². The van der Waals surface area contributed by atoms with Gasteiger partial charge in [-0.2, -0.15) is 0 Å². The van der Waals surface area contributed by atoms with Crippen LogP contribution in [0.2, 0.25) is 0 Å². The number of hydrogen-bond acceptors (Lipinski definition) is 2. The van der Waals surface area contributed by atoms with Crippen molar-refractivity contribution in [3.63, 3.8) is 0 Å². The van der Waals surface area contributed by atoms with Gasteiger partial charge in [0.1, 0.15) is 11.4 Å². The standard InChI is InChI=1S/C90H100N6/c1-83(2,3)54-25-33-70-62(45-54)63-46-55(84(4,5)6)26-34-71(63)93(70)79-78(53-41-43-91-44-42-53)80(94-72-35-27-56(85(7,8)9)47-64(72)65-48-57(86(10,11)12)28-36-73(65)94)82(96-76-39-31-60(89(19,20)21)51-68(76)69-52-61(90(22,23)24)32-40-77(69)96)92-81(79)95-74-37-29-58(87(13,14)15)49-66(74)67-50-59(88(16,17)18)30-38-75(67)95/h25-52H,1-24H3. The maximum atomic E-state index is 6.76. The molecule has 6 nitrogen and oxygen atoms in total. The Hall–Kier alpha value is -8.74. The highest BCUT2D eigenvalue weighted by molar-refractivity contribution is 6.16. The third kappa shape index (κ3) is 10.6. The molecule has 14 rings (SSSR count). The van der Waals surface area contributed by atoms with Gasteiger partial charge in [0, 0.05) is 61.0 Å². The van der Waals surface area contributed by atoms with Gasteiger partial charge >= 0.3 is 0 Å². The molecule has 96 heavy (non-hydrogen) atoms. The molecule has 6 aromatic heterocycles. The van der Waals surface area contributed by atoms with E-state index in [9.17, 15) is 0 Å². The number of nitrogens with zero attached hydrogens (tertiary/aromatic N) is 6. The van der Waals surface area contributed by atoms with E-state index in [0.29, 0.717) is 0 Å². The van der Waals surface area contributed by atoms with Crippen LogP contribution in [0, 0.1) is 0 Å². The Labute approximate surface area is 570 Å². The van der Waals surface area contributed by atoms with E-state index in [2.05, 4.69) is 342 Å². The lowest BCUT2D eigenvalue weighted by Crippen LogP contribution is -2.17. The van der Waals surface area contributed by atoms with Gasteiger partial charge in [0.15, 0.2) is 11.6 Å². The first-order chi connectivity index (χ1) is 44.7. The maximum absolute atomic E-state index is 6.76. The molecule has 0 spiro atoms. The highest BCUT2D eigenvalue weighted by Crippen LogP contribution is 2.51. The van der Waals surface area contributed by atoms with Crippen molar-refractivity contribution in [1.29, 1.82) is 0 Å². The van der Waals surface area contributed by atoms with Crippen molar-refractivity contribution in [3.8, 4) is 34.1 Å². The summed E-state index contributed by atoms with van der Waals surface area (Å²) in [6.45, 7) is 56.1. The smallest absolute Gasteiger partial charge is 0.165 e. The average molecular weight is 1270 g/mol. The summed E-state index contributed by atoms with van der Waals surface area (Å²) in [5.74, 6) is 1.65. The SMILES string of the molecule is CC(C)(C)c1ccc2c(c1)c1cc(C(C)(C)C)ccc1n2-c1nc(-n2c3ccc(C(C)(C)C)cc3c3cc(C(C)(C)C)ccc32)c(-n2c3ccc(C(C)(C)C)cc3c3cc(C(C)(C)C)ccc32)c(-c2ccncc2)c1-n1c2ccc(C(C)(C)C)cc2c2cc(C(C)(C)C)ccc21. The Morgan fingerprint density at radius 1 is 0.219 bits per heavy atom. The van der Waals surface area contributed by atoms with Crippen LogP contribution in [-0.2, 0) is 43.3 Å². The maximum Gasteiger partial charge on any atom is 0.165 e. The van der Waals surface area contributed by atoms with Gasteiger partial charge in [-0.1, -0.05) is 215 Å². The predicted molar refractivity (Wildman–Crippen MR) is 414 cm³/mol. The fraction of sp³-hybridized carbons (Fsp3) is 0.356. The Morgan fingerprint density at radius 3 is 0.573 bits per heavy atom. The van der Waals surface area contributed by atoms with Crippen LogP contribution in [-0.4, -0.2) is 28.2 Å². The largest absolute Gasteiger partial charge is 0.305 e. The van der Waals surface area contributed by atoms with Crippen LogP contribution in [0.1, 0.15) is 211 Å². The van der Waals surface area contributed by atoms with Crippen LogP contribution < -0.4 is 0 Å². The average Bonchev–Trinajstić information content (AvgIpc) is 1.46. The molecule has 0 N–H and O–H groups in total. The minimum absolute atomic E-state index is 0.113. The molecule has 0 aliphatic heterocycles. The zero-order valence-electron chi connectivity index (χ0n) is 61.8. The second kappa shape index (κ2) is 21.4. The number of pyridine rings is 2. The van der Waals surface area contributed by atoms with Crippen molar-refractivity contribution in [1.82, 2.24) is 28.2 Å². The fourth-order valence-corrected chi connectivity index (χ4v) is 14.8. The highest BCUT2D eigenvalue weighted by Gasteiger charge is 2.35. The predicted octanol–water partition coefficient (Wildman–Crippen LogP) is 24.9. The van der Waals surface area contributed by atoms with E-state index in [1.807, 2.05) is 12.4 Å². The minimum Gasteiger partial charge on any atom is -0.305 e. The van der Waals surface area contributed by atoms with Gasteiger partial charge in [-0.25, -0.2) is 4.98 Å². The normalized spacial score (nSPS) is 13.6. The summed E-state index contributed by atoms with van der Waals surface area (Å²) in [6, 6.07) is 62.5. The van der Waals surface area contributed by atoms with E-state index in [-0.39, 0.29) is 43.3 Å². The summed E-state index contributed by atoms with van der Waals surface area (Å²) in [5.41, 5.74) is 22.2.